The zero-order valence-corrected chi connectivity index (χ0v) is 15.4. The molecular formula is C18H23N3O4S. The van der Waals surface area contributed by atoms with Crippen molar-refractivity contribution in [2.24, 2.45) is 0 Å². The van der Waals surface area contributed by atoms with Crippen LogP contribution in [0.25, 0.3) is 0 Å². The summed E-state index contributed by atoms with van der Waals surface area (Å²) in [6.07, 6.45) is 3.31. The Bertz CT molecular complexity index is 780. The standard InChI is InChI=1S/C18H23N3O4S/c19-10-14-4-6-15(7-5-14)25-11-18(22)20-16-12-26(23,24)13-17(16)21-8-2-1-3-9-21/h4-7,16-17H,1-3,8-9,11-13H2,(H,20,22). The van der Waals surface area contributed by atoms with Gasteiger partial charge in [0.25, 0.3) is 5.91 Å². The van der Waals surface area contributed by atoms with Crippen LogP contribution in [0.3, 0.4) is 0 Å². The van der Waals surface area contributed by atoms with Crippen molar-refractivity contribution in [3.63, 3.8) is 0 Å². The Morgan fingerprint density at radius 1 is 1.19 bits per heavy atom. The van der Waals surface area contributed by atoms with Crippen molar-refractivity contribution in [2.75, 3.05) is 31.2 Å². The average molecular weight is 377 g/mol. The van der Waals surface area contributed by atoms with Gasteiger partial charge in [0.1, 0.15) is 5.75 Å². The third kappa shape index (κ3) is 4.74. The highest BCUT2D eigenvalue weighted by Crippen LogP contribution is 2.22. The number of sulfone groups is 1. The van der Waals surface area contributed by atoms with E-state index in [-0.39, 0.29) is 30.1 Å². The smallest absolute Gasteiger partial charge is 0.258 e. The van der Waals surface area contributed by atoms with Crippen LogP contribution in [0.5, 0.6) is 5.75 Å². The maximum absolute atomic E-state index is 12.2. The van der Waals surface area contributed by atoms with Crippen molar-refractivity contribution in [3.05, 3.63) is 29.8 Å². The van der Waals surface area contributed by atoms with Crippen molar-refractivity contribution in [1.29, 1.82) is 5.26 Å². The summed E-state index contributed by atoms with van der Waals surface area (Å²) in [7, 11) is -3.14. The minimum absolute atomic E-state index is 0.0171. The summed E-state index contributed by atoms with van der Waals surface area (Å²) >= 11 is 0. The van der Waals surface area contributed by atoms with Gasteiger partial charge in [-0.15, -0.1) is 0 Å². The van der Waals surface area contributed by atoms with E-state index in [0.717, 1.165) is 25.9 Å². The van der Waals surface area contributed by atoms with E-state index in [4.69, 9.17) is 10.00 Å². The molecule has 2 aliphatic heterocycles. The molecule has 8 heteroatoms. The molecule has 2 unspecified atom stereocenters. The highest BCUT2D eigenvalue weighted by Gasteiger charge is 2.41. The predicted molar refractivity (Wildman–Crippen MR) is 96.4 cm³/mol. The number of nitrogens with one attached hydrogen (secondary N) is 1. The molecule has 26 heavy (non-hydrogen) atoms. The summed E-state index contributed by atoms with van der Waals surface area (Å²) < 4.78 is 29.6. The lowest BCUT2D eigenvalue weighted by Gasteiger charge is -2.34. The third-order valence-corrected chi connectivity index (χ3v) is 6.60. The number of carbonyl (C=O) groups excluding carboxylic acids is 1. The quantitative estimate of drug-likeness (QED) is 0.811. The molecule has 1 aromatic carbocycles. The van der Waals surface area contributed by atoms with Gasteiger partial charge in [-0.05, 0) is 50.2 Å². The van der Waals surface area contributed by atoms with Crippen LogP contribution in [0.4, 0.5) is 0 Å². The van der Waals surface area contributed by atoms with E-state index in [1.54, 1.807) is 24.3 Å². The number of hydrogen-bond acceptors (Lipinski definition) is 6. The fraction of sp³-hybridized carbons (Fsp3) is 0.556. The normalized spacial score (nSPS) is 25.3. The van der Waals surface area contributed by atoms with Gasteiger partial charge < -0.3 is 10.1 Å². The van der Waals surface area contributed by atoms with Gasteiger partial charge in [-0.2, -0.15) is 5.26 Å². The van der Waals surface area contributed by atoms with Crippen LogP contribution in [0.1, 0.15) is 24.8 Å². The van der Waals surface area contributed by atoms with Gasteiger partial charge in [-0.25, -0.2) is 8.42 Å². The Hall–Kier alpha value is -2.11. The van der Waals surface area contributed by atoms with Crippen LogP contribution < -0.4 is 10.1 Å². The van der Waals surface area contributed by atoms with E-state index < -0.39 is 15.9 Å². The third-order valence-electron chi connectivity index (χ3n) is 4.88. The van der Waals surface area contributed by atoms with E-state index in [1.165, 1.54) is 6.42 Å². The lowest BCUT2D eigenvalue weighted by molar-refractivity contribution is -0.124. The topological polar surface area (TPSA) is 99.5 Å². The largest absolute Gasteiger partial charge is 0.484 e. The van der Waals surface area contributed by atoms with Gasteiger partial charge in [0, 0.05) is 6.04 Å². The SMILES string of the molecule is N#Cc1ccc(OCC(=O)NC2CS(=O)(=O)CC2N2CCCCC2)cc1. The summed E-state index contributed by atoms with van der Waals surface area (Å²) in [5.74, 6) is 0.245. The minimum atomic E-state index is -3.14. The highest BCUT2D eigenvalue weighted by atomic mass is 32.2. The molecule has 1 N–H and O–H groups in total. The fourth-order valence-corrected chi connectivity index (χ4v) is 5.55. The minimum Gasteiger partial charge on any atom is -0.484 e. The first kappa shape index (κ1) is 18.7. The Balaban J connectivity index is 1.56. The molecule has 0 aliphatic carbocycles. The van der Waals surface area contributed by atoms with Crippen molar-refractivity contribution >= 4 is 15.7 Å². The predicted octanol–water partition coefficient (Wildman–Crippen LogP) is 0.705. The Labute approximate surface area is 153 Å². The Kier molecular flexibility index (Phi) is 5.79. The number of carbonyl (C=O) groups is 1. The van der Waals surface area contributed by atoms with Crippen molar-refractivity contribution in [1.82, 2.24) is 10.2 Å². The summed E-state index contributed by atoms with van der Waals surface area (Å²) in [5, 5.41) is 11.6. The van der Waals surface area contributed by atoms with Crippen LogP contribution >= 0.6 is 0 Å². The second-order valence-electron chi connectivity index (χ2n) is 6.84. The van der Waals surface area contributed by atoms with E-state index in [0.29, 0.717) is 11.3 Å². The number of piperidine rings is 1. The molecule has 2 fully saturated rings. The molecule has 2 aliphatic rings. The van der Waals surface area contributed by atoms with Gasteiger partial charge >= 0.3 is 0 Å². The molecule has 3 rings (SSSR count). The maximum atomic E-state index is 12.2. The number of hydrogen-bond donors (Lipinski definition) is 1. The lowest BCUT2D eigenvalue weighted by atomic mass is 10.0. The molecule has 140 valence electrons. The van der Waals surface area contributed by atoms with Gasteiger partial charge in [0.05, 0.1) is 29.2 Å². The summed E-state index contributed by atoms with van der Waals surface area (Å²) in [6, 6.07) is 7.95. The number of ether oxygens (including phenoxy) is 1. The van der Waals surface area contributed by atoms with Crippen LogP contribution in [-0.2, 0) is 14.6 Å². The van der Waals surface area contributed by atoms with Crippen molar-refractivity contribution in [2.45, 2.75) is 31.3 Å². The van der Waals surface area contributed by atoms with Crippen molar-refractivity contribution < 1.29 is 17.9 Å². The molecule has 0 bridgehead atoms. The van der Waals surface area contributed by atoms with Gasteiger partial charge in [-0.3, -0.25) is 9.69 Å². The van der Waals surface area contributed by atoms with Crippen LogP contribution in [0.2, 0.25) is 0 Å². The van der Waals surface area contributed by atoms with E-state index in [2.05, 4.69) is 10.2 Å². The van der Waals surface area contributed by atoms with Gasteiger partial charge in [0.2, 0.25) is 0 Å². The highest BCUT2D eigenvalue weighted by molar-refractivity contribution is 7.91. The fourth-order valence-electron chi connectivity index (χ4n) is 3.60. The Morgan fingerprint density at radius 3 is 2.54 bits per heavy atom. The molecule has 2 saturated heterocycles. The van der Waals surface area contributed by atoms with Crippen molar-refractivity contribution in [3.8, 4) is 11.8 Å². The van der Waals surface area contributed by atoms with Crippen LogP contribution in [0, 0.1) is 11.3 Å². The van der Waals surface area contributed by atoms with Crippen LogP contribution in [-0.4, -0.2) is 62.5 Å². The Morgan fingerprint density at radius 2 is 1.88 bits per heavy atom. The van der Waals surface area contributed by atoms with E-state index in [1.807, 2.05) is 6.07 Å². The second kappa shape index (κ2) is 8.06. The molecule has 0 aromatic heterocycles. The molecule has 7 nitrogen and oxygen atoms in total. The zero-order chi connectivity index (χ0) is 18.6. The first-order chi connectivity index (χ1) is 12.5. The zero-order valence-electron chi connectivity index (χ0n) is 14.6. The summed E-state index contributed by atoms with van der Waals surface area (Å²) in [5.41, 5.74) is 0.516. The number of amides is 1. The maximum Gasteiger partial charge on any atom is 0.258 e. The first-order valence-electron chi connectivity index (χ1n) is 8.84. The molecule has 0 saturated carbocycles. The summed E-state index contributed by atoms with van der Waals surface area (Å²) in [6.45, 7) is 1.58. The molecule has 1 amide bonds. The molecule has 2 heterocycles. The number of benzene rings is 1. The summed E-state index contributed by atoms with van der Waals surface area (Å²) in [4.78, 5) is 14.4. The first-order valence-corrected chi connectivity index (χ1v) is 10.7. The van der Waals surface area contributed by atoms with E-state index in [9.17, 15) is 13.2 Å². The number of nitrogens with zero attached hydrogens (tertiary/aromatic N) is 2. The van der Waals surface area contributed by atoms with Crippen LogP contribution in [0.15, 0.2) is 24.3 Å². The molecular weight excluding hydrogens is 354 g/mol. The second-order valence-corrected chi connectivity index (χ2v) is 8.99. The monoisotopic (exact) mass is 377 g/mol. The number of rotatable bonds is 5. The number of nitriles is 1. The number of likely N-dealkylation sites (tertiary alicyclic amines) is 1. The average Bonchev–Trinajstić information content (AvgIpc) is 2.95. The molecule has 0 spiro atoms. The molecule has 0 radical (unpaired) electrons. The molecule has 1 aromatic rings. The van der Waals surface area contributed by atoms with E-state index >= 15 is 0 Å². The molecule has 2 atom stereocenters. The van der Waals surface area contributed by atoms with Gasteiger partial charge in [0.15, 0.2) is 16.4 Å². The van der Waals surface area contributed by atoms with Gasteiger partial charge in [-0.1, -0.05) is 6.42 Å². The lowest BCUT2D eigenvalue weighted by Crippen LogP contribution is -2.53.